The summed E-state index contributed by atoms with van der Waals surface area (Å²) in [6.45, 7) is 9.18. The van der Waals surface area contributed by atoms with Gasteiger partial charge in [-0.1, -0.05) is 26.0 Å². The molecule has 0 atom stereocenters. The van der Waals surface area contributed by atoms with E-state index in [4.69, 9.17) is 14.2 Å². The Morgan fingerprint density at radius 2 is 1.68 bits per heavy atom. The van der Waals surface area contributed by atoms with Gasteiger partial charge in [0.1, 0.15) is 17.1 Å². The zero-order valence-corrected chi connectivity index (χ0v) is 16.9. The van der Waals surface area contributed by atoms with Crippen molar-refractivity contribution in [3.8, 4) is 5.75 Å². The molecule has 0 unspecified atom stereocenters. The third-order valence-electron chi connectivity index (χ3n) is 3.74. The number of ketones is 1. The fraction of sp³-hybridized carbons (Fsp3) is 0.409. The second kappa shape index (κ2) is 8.42. The monoisotopic (exact) mass is 386 g/mol. The Morgan fingerprint density at radius 3 is 2.25 bits per heavy atom. The topological polar surface area (TPSA) is 78.9 Å². The van der Waals surface area contributed by atoms with Crippen molar-refractivity contribution in [2.45, 2.75) is 53.1 Å². The molecule has 0 spiro atoms. The van der Waals surface area contributed by atoms with Gasteiger partial charge in [0, 0.05) is 25.0 Å². The lowest BCUT2D eigenvalue weighted by Gasteiger charge is -2.27. The average Bonchev–Trinajstić information content (AvgIpc) is 2.50. The minimum atomic E-state index is -0.780. The maximum atomic E-state index is 12.0. The van der Waals surface area contributed by atoms with Crippen LogP contribution < -0.4 is 4.74 Å². The van der Waals surface area contributed by atoms with Crippen molar-refractivity contribution in [1.82, 2.24) is 0 Å². The Hall–Kier alpha value is -2.89. The molecule has 0 saturated heterocycles. The molecule has 0 N–H and O–H groups in total. The van der Waals surface area contributed by atoms with Crippen LogP contribution in [0.15, 0.2) is 42.2 Å². The lowest BCUT2D eigenvalue weighted by Crippen LogP contribution is -2.25. The normalized spacial score (nSPS) is 16.5. The molecule has 6 nitrogen and oxygen atoms in total. The summed E-state index contributed by atoms with van der Waals surface area (Å²) in [7, 11) is 0. The number of carbonyl (C=O) groups excluding carboxylic acids is 3. The van der Waals surface area contributed by atoms with Crippen molar-refractivity contribution >= 4 is 24.0 Å². The molecule has 0 radical (unpaired) electrons. The molecule has 1 aromatic carbocycles. The van der Waals surface area contributed by atoms with Gasteiger partial charge in [0.2, 0.25) is 0 Å². The van der Waals surface area contributed by atoms with Gasteiger partial charge in [0.25, 0.3) is 0 Å². The summed E-state index contributed by atoms with van der Waals surface area (Å²) in [5.41, 5.74) is -0.120. The van der Waals surface area contributed by atoms with Crippen LogP contribution in [0.4, 0.5) is 4.79 Å². The highest BCUT2D eigenvalue weighted by atomic mass is 16.7. The Morgan fingerprint density at radius 1 is 1.04 bits per heavy atom. The van der Waals surface area contributed by atoms with Gasteiger partial charge in [-0.05, 0) is 50.0 Å². The van der Waals surface area contributed by atoms with Crippen LogP contribution in [0.1, 0.15) is 53.0 Å². The van der Waals surface area contributed by atoms with Gasteiger partial charge in [-0.25, -0.2) is 9.59 Å². The molecule has 150 valence electrons. The molecule has 1 aliphatic rings. The van der Waals surface area contributed by atoms with Crippen molar-refractivity contribution in [2.75, 3.05) is 0 Å². The van der Waals surface area contributed by atoms with Crippen LogP contribution in [0.25, 0.3) is 6.08 Å². The fourth-order valence-corrected chi connectivity index (χ4v) is 2.69. The van der Waals surface area contributed by atoms with Crippen molar-refractivity contribution < 1.29 is 28.6 Å². The predicted molar refractivity (Wildman–Crippen MR) is 105 cm³/mol. The molecule has 1 aromatic rings. The van der Waals surface area contributed by atoms with Gasteiger partial charge >= 0.3 is 12.1 Å². The summed E-state index contributed by atoms with van der Waals surface area (Å²) < 4.78 is 15.4. The van der Waals surface area contributed by atoms with Crippen LogP contribution in [0, 0.1) is 5.41 Å². The van der Waals surface area contributed by atoms with Gasteiger partial charge in [-0.2, -0.15) is 0 Å². The van der Waals surface area contributed by atoms with E-state index in [9.17, 15) is 14.4 Å². The maximum absolute atomic E-state index is 12.0. The molecule has 2 rings (SSSR count). The first-order valence-corrected chi connectivity index (χ1v) is 9.06. The van der Waals surface area contributed by atoms with E-state index < -0.39 is 17.7 Å². The molecule has 1 aliphatic carbocycles. The van der Waals surface area contributed by atoms with E-state index in [2.05, 4.69) is 0 Å². The fourth-order valence-electron chi connectivity index (χ4n) is 2.69. The highest BCUT2D eigenvalue weighted by Gasteiger charge is 2.29. The summed E-state index contributed by atoms with van der Waals surface area (Å²) >= 11 is 0. The summed E-state index contributed by atoms with van der Waals surface area (Å²) in [6, 6.07) is 6.57. The number of hydrogen-bond acceptors (Lipinski definition) is 6. The van der Waals surface area contributed by atoms with E-state index in [0.29, 0.717) is 24.4 Å². The molecular formula is C22H26O6. The minimum absolute atomic E-state index is 0.0383. The second-order valence-corrected chi connectivity index (χ2v) is 8.48. The van der Waals surface area contributed by atoms with E-state index in [-0.39, 0.29) is 11.2 Å². The van der Waals surface area contributed by atoms with Gasteiger partial charge in [-0.3, -0.25) is 4.79 Å². The largest absolute Gasteiger partial charge is 0.514 e. The number of carbonyl (C=O) groups is 3. The maximum Gasteiger partial charge on any atom is 0.514 e. The summed E-state index contributed by atoms with van der Waals surface area (Å²) in [5, 5.41) is 0. The lowest BCUT2D eigenvalue weighted by molar-refractivity contribution is -0.134. The van der Waals surface area contributed by atoms with Crippen molar-refractivity contribution in [1.29, 1.82) is 0 Å². The molecule has 0 bridgehead atoms. The van der Waals surface area contributed by atoms with Crippen LogP contribution in [-0.4, -0.2) is 23.5 Å². The molecule has 28 heavy (non-hydrogen) atoms. The second-order valence-electron chi connectivity index (χ2n) is 8.48. The first-order valence-electron chi connectivity index (χ1n) is 9.06. The molecule has 0 aliphatic heterocycles. The van der Waals surface area contributed by atoms with E-state index in [1.807, 2.05) is 13.8 Å². The number of esters is 1. The number of ether oxygens (including phenoxy) is 3. The molecule has 0 heterocycles. The molecule has 0 fully saturated rings. The highest BCUT2D eigenvalue weighted by molar-refractivity contribution is 5.93. The molecule has 0 aromatic heterocycles. The smallest absolute Gasteiger partial charge is 0.428 e. The van der Waals surface area contributed by atoms with Gasteiger partial charge in [0.15, 0.2) is 5.78 Å². The number of benzene rings is 1. The highest BCUT2D eigenvalue weighted by Crippen LogP contribution is 2.34. The van der Waals surface area contributed by atoms with E-state index in [1.165, 1.54) is 12.2 Å². The Bertz CT molecular complexity index is 806. The number of hydrogen-bond donors (Lipinski definition) is 0. The van der Waals surface area contributed by atoms with Crippen molar-refractivity contribution in [3.05, 3.63) is 47.7 Å². The van der Waals surface area contributed by atoms with Crippen molar-refractivity contribution in [2.24, 2.45) is 5.41 Å². The number of rotatable bonds is 4. The van der Waals surface area contributed by atoms with Gasteiger partial charge in [-0.15, -0.1) is 0 Å². The Labute approximate surface area is 165 Å². The van der Waals surface area contributed by atoms with Crippen LogP contribution in [0.2, 0.25) is 0 Å². The van der Waals surface area contributed by atoms with Crippen LogP contribution >= 0.6 is 0 Å². The quantitative estimate of drug-likeness (QED) is 0.419. The van der Waals surface area contributed by atoms with E-state index in [1.54, 1.807) is 51.1 Å². The summed E-state index contributed by atoms with van der Waals surface area (Å²) in [6.07, 6.45) is 4.46. The zero-order valence-electron chi connectivity index (χ0n) is 16.9. The molecule has 0 amide bonds. The minimum Gasteiger partial charge on any atom is -0.428 e. The zero-order chi connectivity index (χ0) is 20.9. The average molecular weight is 386 g/mol. The van der Waals surface area contributed by atoms with E-state index in [0.717, 1.165) is 5.56 Å². The van der Waals surface area contributed by atoms with Crippen molar-refractivity contribution in [3.63, 3.8) is 0 Å². The number of allylic oxidation sites excluding steroid dienone is 2. The summed E-state index contributed by atoms with van der Waals surface area (Å²) in [5.74, 6) is 0.133. The van der Waals surface area contributed by atoms with Crippen LogP contribution in [-0.2, 0) is 19.1 Å². The molecule has 0 saturated carbocycles. The third kappa shape index (κ3) is 7.39. The summed E-state index contributed by atoms with van der Waals surface area (Å²) in [4.78, 5) is 35.3. The van der Waals surface area contributed by atoms with Gasteiger partial charge in [0.05, 0.1) is 0 Å². The van der Waals surface area contributed by atoms with E-state index >= 15 is 0 Å². The Balaban J connectivity index is 1.91. The van der Waals surface area contributed by atoms with Gasteiger partial charge < -0.3 is 14.2 Å². The standard InChI is InChI=1S/C22H26O6/c1-21(2,3)28-20(25)27-17-9-6-15(7-10-17)8-11-19(24)26-18-12-16(23)13-22(4,5)14-18/h6-12H,13-14H2,1-5H3/b11-8+. The lowest BCUT2D eigenvalue weighted by atomic mass is 9.79. The molecule has 6 heteroatoms. The molecular weight excluding hydrogens is 360 g/mol. The Kier molecular flexibility index (Phi) is 6.44. The third-order valence-corrected chi connectivity index (χ3v) is 3.74. The van der Waals surface area contributed by atoms with Crippen LogP contribution in [0.3, 0.4) is 0 Å². The first-order chi connectivity index (χ1) is 12.9. The predicted octanol–water partition coefficient (Wildman–Crippen LogP) is 4.83. The SMILES string of the molecule is CC1(C)CC(=O)C=C(OC(=O)/C=C/c2ccc(OC(=O)OC(C)(C)C)cc2)C1. The first kappa shape index (κ1) is 21.4. The van der Waals surface area contributed by atoms with Crippen LogP contribution in [0.5, 0.6) is 5.75 Å².